The molecule has 160 valence electrons. The van der Waals surface area contributed by atoms with Crippen LogP contribution in [0.1, 0.15) is 17.0 Å². The average Bonchev–Trinajstić information content (AvgIpc) is 3.41. The van der Waals surface area contributed by atoms with Gasteiger partial charge in [0, 0.05) is 29.1 Å². The van der Waals surface area contributed by atoms with Crippen molar-refractivity contribution in [1.29, 1.82) is 0 Å². The van der Waals surface area contributed by atoms with Gasteiger partial charge in [-0.05, 0) is 19.1 Å². The summed E-state index contributed by atoms with van der Waals surface area (Å²) in [6, 6.07) is 13.6. The molecule has 0 atom stereocenters. The Morgan fingerprint density at radius 3 is 2.66 bits per heavy atom. The van der Waals surface area contributed by atoms with Crippen molar-refractivity contribution in [2.45, 2.75) is 20.1 Å². The lowest BCUT2D eigenvalue weighted by molar-refractivity contribution is 0.283. The van der Waals surface area contributed by atoms with Gasteiger partial charge in [-0.3, -0.25) is 4.79 Å². The monoisotopic (exact) mass is 431 g/mol. The second-order valence-corrected chi connectivity index (χ2v) is 7.40. The van der Waals surface area contributed by atoms with Crippen LogP contribution in [0.5, 0.6) is 0 Å². The molecule has 0 fully saturated rings. The summed E-state index contributed by atoms with van der Waals surface area (Å²) in [5, 5.41) is 18.3. The van der Waals surface area contributed by atoms with Gasteiger partial charge in [0.15, 0.2) is 0 Å². The zero-order valence-corrected chi connectivity index (χ0v) is 17.1. The van der Waals surface area contributed by atoms with Crippen LogP contribution in [0.3, 0.4) is 0 Å². The van der Waals surface area contributed by atoms with Crippen LogP contribution in [0.4, 0.5) is 4.39 Å². The summed E-state index contributed by atoms with van der Waals surface area (Å²) in [7, 11) is 0. The minimum Gasteiger partial charge on any atom is -0.392 e. The lowest BCUT2D eigenvalue weighted by atomic mass is 10.1. The molecule has 0 unspecified atom stereocenters. The molecule has 2 aromatic carbocycles. The molecule has 0 saturated heterocycles. The van der Waals surface area contributed by atoms with E-state index >= 15 is 0 Å². The number of halogens is 1. The second-order valence-electron chi connectivity index (χ2n) is 7.40. The van der Waals surface area contributed by atoms with Crippen molar-refractivity contribution in [2.75, 3.05) is 0 Å². The summed E-state index contributed by atoms with van der Waals surface area (Å²) in [4.78, 5) is 17.5. The van der Waals surface area contributed by atoms with E-state index in [-0.39, 0.29) is 23.5 Å². The van der Waals surface area contributed by atoms with E-state index in [0.29, 0.717) is 22.6 Å². The number of aliphatic hydroxyl groups is 1. The third-order valence-corrected chi connectivity index (χ3v) is 5.20. The minimum atomic E-state index is -0.429. The second kappa shape index (κ2) is 7.86. The number of hydrogen-bond acceptors (Lipinski definition) is 6. The maximum Gasteiger partial charge on any atom is 0.277 e. The fourth-order valence-electron chi connectivity index (χ4n) is 3.58. The molecule has 1 N–H and O–H groups in total. The Morgan fingerprint density at radius 1 is 1.09 bits per heavy atom. The molecule has 3 aromatic heterocycles. The van der Waals surface area contributed by atoms with Gasteiger partial charge in [0.1, 0.15) is 17.9 Å². The fourth-order valence-corrected chi connectivity index (χ4v) is 3.58. The molecule has 3 heterocycles. The third-order valence-electron chi connectivity index (χ3n) is 5.20. The lowest BCUT2D eigenvalue weighted by Gasteiger charge is -2.03. The highest BCUT2D eigenvalue weighted by Gasteiger charge is 2.19. The zero-order valence-electron chi connectivity index (χ0n) is 17.1. The lowest BCUT2D eigenvalue weighted by Crippen LogP contribution is -2.22. The Hall–Kier alpha value is -4.11. The number of rotatable bonds is 5. The minimum absolute atomic E-state index is 0.0551. The molecule has 0 aliphatic carbocycles. The maximum atomic E-state index is 13.7. The fraction of sp³-hybridized carbons (Fsp3) is 0.130. The first-order valence-electron chi connectivity index (χ1n) is 9.90. The first-order chi connectivity index (χ1) is 15.5. The SMILES string of the molecule is Cc1ccc(-c2noc(Cn3ccn4nc(-c5cccc(F)c5)c(CO)c4c3=O)n2)cc1. The van der Waals surface area contributed by atoms with Crippen LogP contribution in [0.15, 0.2) is 70.2 Å². The van der Waals surface area contributed by atoms with Crippen LogP contribution < -0.4 is 5.56 Å². The first kappa shape index (κ1) is 19.8. The van der Waals surface area contributed by atoms with Gasteiger partial charge in [-0.25, -0.2) is 8.91 Å². The molecule has 0 amide bonds. The normalized spacial score (nSPS) is 11.3. The number of aliphatic hydroxyl groups excluding tert-OH is 1. The molecule has 0 aliphatic heterocycles. The number of aromatic nitrogens is 5. The maximum absolute atomic E-state index is 13.7. The Labute approximate surface area is 181 Å². The van der Waals surface area contributed by atoms with Crippen molar-refractivity contribution in [3.05, 3.63) is 94.1 Å². The predicted octanol–water partition coefficient (Wildman–Crippen LogP) is 3.20. The Balaban J connectivity index is 1.53. The number of fused-ring (bicyclic) bond motifs is 1. The summed E-state index contributed by atoms with van der Waals surface area (Å²) >= 11 is 0. The molecule has 0 aliphatic rings. The molecule has 0 spiro atoms. The van der Waals surface area contributed by atoms with Crippen molar-refractivity contribution in [1.82, 2.24) is 24.3 Å². The largest absolute Gasteiger partial charge is 0.392 e. The molecule has 0 bridgehead atoms. The van der Waals surface area contributed by atoms with Crippen LogP contribution >= 0.6 is 0 Å². The van der Waals surface area contributed by atoms with Crippen molar-refractivity contribution < 1.29 is 14.0 Å². The van der Waals surface area contributed by atoms with Gasteiger partial charge in [-0.2, -0.15) is 10.1 Å². The molecule has 8 nitrogen and oxygen atoms in total. The molecule has 5 rings (SSSR count). The van der Waals surface area contributed by atoms with E-state index in [1.54, 1.807) is 24.5 Å². The van der Waals surface area contributed by atoms with Crippen LogP contribution in [-0.4, -0.2) is 29.4 Å². The average molecular weight is 431 g/mol. The third kappa shape index (κ3) is 3.48. The Bertz CT molecular complexity index is 1480. The summed E-state index contributed by atoms with van der Waals surface area (Å²) in [6.45, 7) is 1.62. The summed E-state index contributed by atoms with van der Waals surface area (Å²) in [5.74, 6) is 0.270. The number of benzene rings is 2. The van der Waals surface area contributed by atoms with Gasteiger partial charge >= 0.3 is 0 Å². The number of hydrogen-bond donors (Lipinski definition) is 1. The van der Waals surface area contributed by atoms with E-state index in [4.69, 9.17) is 4.52 Å². The quantitative estimate of drug-likeness (QED) is 0.459. The van der Waals surface area contributed by atoms with E-state index in [1.165, 1.54) is 21.2 Å². The van der Waals surface area contributed by atoms with Gasteiger partial charge < -0.3 is 14.2 Å². The summed E-state index contributed by atoms with van der Waals surface area (Å²) < 4.78 is 21.8. The Kier molecular flexibility index (Phi) is 4.87. The van der Waals surface area contributed by atoms with Crippen molar-refractivity contribution in [2.24, 2.45) is 0 Å². The highest BCUT2D eigenvalue weighted by Crippen LogP contribution is 2.25. The van der Waals surface area contributed by atoms with Crippen molar-refractivity contribution in [3.63, 3.8) is 0 Å². The van der Waals surface area contributed by atoms with Crippen LogP contribution in [-0.2, 0) is 13.2 Å². The Morgan fingerprint density at radius 2 is 1.91 bits per heavy atom. The van der Waals surface area contributed by atoms with Gasteiger partial charge in [0.25, 0.3) is 5.56 Å². The highest BCUT2D eigenvalue weighted by molar-refractivity contribution is 5.72. The molecular formula is C23H18FN5O3. The predicted molar refractivity (Wildman–Crippen MR) is 114 cm³/mol. The molecule has 5 aromatic rings. The van der Waals surface area contributed by atoms with E-state index in [2.05, 4.69) is 15.2 Å². The molecular weight excluding hydrogens is 413 g/mol. The molecule has 9 heteroatoms. The van der Waals surface area contributed by atoms with Gasteiger partial charge in [-0.1, -0.05) is 47.1 Å². The van der Waals surface area contributed by atoms with E-state index < -0.39 is 12.4 Å². The van der Waals surface area contributed by atoms with Crippen molar-refractivity contribution >= 4 is 5.52 Å². The van der Waals surface area contributed by atoms with Gasteiger partial charge in [0.05, 0.1) is 12.3 Å². The van der Waals surface area contributed by atoms with Crippen LogP contribution in [0, 0.1) is 12.7 Å². The molecule has 0 saturated carbocycles. The summed E-state index contributed by atoms with van der Waals surface area (Å²) in [6.07, 6.45) is 3.14. The number of nitrogens with zero attached hydrogens (tertiary/aromatic N) is 5. The molecule has 0 radical (unpaired) electrons. The van der Waals surface area contributed by atoms with Crippen LogP contribution in [0.25, 0.3) is 28.2 Å². The van der Waals surface area contributed by atoms with Gasteiger partial charge in [0.2, 0.25) is 11.7 Å². The zero-order chi connectivity index (χ0) is 22.2. The molecule has 32 heavy (non-hydrogen) atoms. The van der Waals surface area contributed by atoms with Crippen LogP contribution in [0.2, 0.25) is 0 Å². The summed E-state index contributed by atoms with van der Waals surface area (Å²) in [5.41, 5.74) is 2.89. The van der Waals surface area contributed by atoms with E-state index in [1.807, 2.05) is 31.2 Å². The first-order valence-corrected chi connectivity index (χ1v) is 9.90. The van der Waals surface area contributed by atoms with E-state index in [0.717, 1.165) is 11.1 Å². The van der Waals surface area contributed by atoms with E-state index in [9.17, 15) is 14.3 Å². The van der Waals surface area contributed by atoms with Crippen molar-refractivity contribution in [3.8, 4) is 22.6 Å². The number of aryl methyl sites for hydroxylation is 1. The standard InChI is InChI=1S/C23H18FN5O3/c1-14-5-7-15(8-6-14)22-25-19(32-27-22)12-28-9-10-29-21(23(28)31)18(13-30)20(26-29)16-3-2-4-17(24)11-16/h2-11,30H,12-13H2,1H3. The highest BCUT2D eigenvalue weighted by atomic mass is 19.1. The topological polar surface area (TPSA) is 98.5 Å². The van der Waals surface area contributed by atoms with Gasteiger partial charge in [-0.15, -0.1) is 0 Å². The smallest absolute Gasteiger partial charge is 0.277 e.